The van der Waals surface area contributed by atoms with E-state index < -0.39 is 10.5 Å². The molecule has 9 heteroatoms. The quantitative estimate of drug-likeness (QED) is 0.377. The lowest BCUT2D eigenvalue weighted by Crippen LogP contribution is -2.45. The van der Waals surface area contributed by atoms with Crippen LogP contribution in [0.1, 0.15) is 57.3 Å². The summed E-state index contributed by atoms with van der Waals surface area (Å²) in [5.74, 6) is 0.324. The number of nitro groups is 1. The van der Waals surface area contributed by atoms with E-state index in [1.807, 2.05) is 27.7 Å². The maximum Gasteiger partial charge on any atom is 0.410 e. The van der Waals surface area contributed by atoms with E-state index in [0.29, 0.717) is 31.0 Å². The maximum absolute atomic E-state index is 12.4. The zero-order valence-corrected chi connectivity index (χ0v) is 18.4. The van der Waals surface area contributed by atoms with Crippen molar-refractivity contribution in [3.8, 4) is 0 Å². The molecule has 1 aromatic rings. The Bertz CT molecular complexity index is 729. The summed E-state index contributed by atoms with van der Waals surface area (Å²) < 4.78 is 5.48. The molecule has 1 N–H and O–H groups in total. The van der Waals surface area contributed by atoms with Crippen LogP contribution in [-0.4, -0.2) is 46.9 Å². The summed E-state index contributed by atoms with van der Waals surface area (Å²) in [6, 6.07) is 4.51. The number of hydrogen-bond acceptors (Lipinski definition) is 6. The van der Waals surface area contributed by atoms with Gasteiger partial charge in [0.1, 0.15) is 17.6 Å². The molecule has 0 radical (unpaired) electrons. The van der Waals surface area contributed by atoms with Crippen molar-refractivity contribution >= 4 is 37.2 Å². The minimum atomic E-state index is -0.528. The number of ether oxygens (including phenoxy) is 1. The van der Waals surface area contributed by atoms with Gasteiger partial charge in [-0.25, -0.2) is 4.79 Å². The maximum atomic E-state index is 12.4. The zero-order chi connectivity index (χ0) is 20.9. The Morgan fingerprint density at radius 3 is 2.55 bits per heavy atom. The van der Waals surface area contributed by atoms with Gasteiger partial charge in [-0.05, 0) is 58.1 Å². The lowest BCUT2D eigenvalue weighted by Gasteiger charge is -2.39. The Balaban J connectivity index is 0.00000420. The average Bonchev–Trinajstić information content (AvgIpc) is 2.57. The topological polar surface area (TPSA) is 102 Å². The molecule has 1 aliphatic rings. The third-order valence-corrected chi connectivity index (χ3v) is 4.57. The van der Waals surface area contributed by atoms with E-state index in [4.69, 9.17) is 4.74 Å². The predicted octanol–water partition coefficient (Wildman–Crippen LogP) is 4.36. The van der Waals surface area contributed by atoms with Gasteiger partial charge in [-0.1, -0.05) is 6.92 Å². The van der Waals surface area contributed by atoms with Crippen LogP contribution in [0.25, 0.3) is 0 Å². The number of hydrogen-bond donors (Lipinski definition) is 1. The number of carbonyl (C=O) groups excluding carboxylic acids is 2. The Labute approximate surface area is 178 Å². The van der Waals surface area contributed by atoms with E-state index in [2.05, 4.69) is 5.32 Å². The SMILES string of the molecule is CCCN(CC1CC(Nc2ccc(C=O)cc2[N+](=O)[O-])C1)C(=O)OC(C)(C)C.S. The fourth-order valence-electron chi connectivity index (χ4n) is 3.28. The van der Waals surface area contributed by atoms with Crippen LogP contribution in [0.3, 0.4) is 0 Å². The number of nitrogens with zero attached hydrogens (tertiary/aromatic N) is 2. The fourth-order valence-corrected chi connectivity index (χ4v) is 3.28. The van der Waals surface area contributed by atoms with Crippen LogP contribution in [-0.2, 0) is 4.74 Å². The molecular weight excluding hydrogens is 394 g/mol. The zero-order valence-electron chi connectivity index (χ0n) is 17.4. The molecule has 0 heterocycles. The lowest BCUT2D eigenvalue weighted by molar-refractivity contribution is -0.384. The van der Waals surface area contributed by atoms with Gasteiger partial charge in [-0.3, -0.25) is 14.9 Å². The Kier molecular flexibility index (Phi) is 8.94. The van der Waals surface area contributed by atoms with Crippen molar-refractivity contribution in [1.29, 1.82) is 0 Å². The average molecular weight is 426 g/mol. The first-order chi connectivity index (χ1) is 13.1. The number of rotatable bonds is 8. The predicted molar refractivity (Wildman–Crippen MR) is 117 cm³/mol. The molecule has 0 bridgehead atoms. The summed E-state index contributed by atoms with van der Waals surface area (Å²) in [4.78, 5) is 35.7. The summed E-state index contributed by atoms with van der Waals surface area (Å²) in [6.45, 7) is 8.82. The molecule has 29 heavy (non-hydrogen) atoms. The van der Waals surface area contributed by atoms with Crippen molar-refractivity contribution in [2.24, 2.45) is 5.92 Å². The molecule has 0 unspecified atom stereocenters. The monoisotopic (exact) mass is 425 g/mol. The van der Waals surface area contributed by atoms with Crippen LogP contribution in [0, 0.1) is 16.0 Å². The number of aldehydes is 1. The molecule has 0 spiro atoms. The van der Waals surface area contributed by atoms with E-state index in [-0.39, 0.29) is 36.9 Å². The van der Waals surface area contributed by atoms with Crippen molar-refractivity contribution in [2.45, 2.75) is 58.6 Å². The van der Waals surface area contributed by atoms with Gasteiger partial charge < -0.3 is 15.0 Å². The van der Waals surface area contributed by atoms with E-state index in [1.165, 1.54) is 6.07 Å². The number of amides is 1. The molecule has 0 aromatic heterocycles. The second kappa shape index (κ2) is 10.5. The van der Waals surface area contributed by atoms with E-state index >= 15 is 0 Å². The summed E-state index contributed by atoms with van der Waals surface area (Å²) in [7, 11) is 0. The number of carbonyl (C=O) groups is 2. The van der Waals surface area contributed by atoms with E-state index in [0.717, 1.165) is 19.3 Å². The standard InChI is InChI=1S/C20H29N3O5.H2S/c1-5-8-22(19(25)28-20(2,3)4)12-15-9-16(10-15)21-17-7-6-14(13-24)11-18(17)23(26)27;/h6-7,11,13,15-16,21H,5,8-10,12H2,1-4H3;1H2. The molecule has 0 atom stereocenters. The second-order valence-corrected chi connectivity index (χ2v) is 8.26. The third-order valence-electron chi connectivity index (χ3n) is 4.57. The molecule has 1 amide bonds. The van der Waals surface area contributed by atoms with Gasteiger partial charge in [0.15, 0.2) is 0 Å². The normalized spacial score (nSPS) is 18.1. The number of anilines is 1. The third kappa shape index (κ3) is 7.23. The highest BCUT2D eigenvalue weighted by molar-refractivity contribution is 7.59. The van der Waals surface area contributed by atoms with Crippen LogP contribution < -0.4 is 5.32 Å². The molecule has 1 fully saturated rings. The van der Waals surface area contributed by atoms with Gasteiger partial charge in [-0.15, -0.1) is 0 Å². The van der Waals surface area contributed by atoms with Gasteiger partial charge in [0, 0.05) is 30.8 Å². The highest BCUT2D eigenvalue weighted by Crippen LogP contribution is 2.34. The van der Waals surface area contributed by atoms with Crippen LogP contribution in [0.2, 0.25) is 0 Å². The van der Waals surface area contributed by atoms with E-state index in [9.17, 15) is 19.7 Å². The Hall–Kier alpha value is -2.29. The van der Waals surface area contributed by atoms with Gasteiger partial charge in [0.25, 0.3) is 5.69 Å². The summed E-state index contributed by atoms with van der Waals surface area (Å²) >= 11 is 0. The molecule has 0 saturated heterocycles. The van der Waals surface area contributed by atoms with Gasteiger partial charge >= 0.3 is 6.09 Å². The number of benzene rings is 1. The number of nitro benzene ring substituents is 1. The molecule has 1 aliphatic carbocycles. The van der Waals surface area contributed by atoms with E-state index in [1.54, 1.807) is 17.0 Å². The molecule has 162 valence electrons. The molecule has 8 nitrogen and oxygen atoms in total. The van der Waals surface area contributed by atoms with Crippen LogP contribution >= 0.6 is 13.5 Å². The molecule has 1 aromatic carbocycles. The minimum Gasteiger partial charge on any atom is -0.444 e. The first-order valence-electron chi connectivity index (χ1n) is 9.61. The summed E-state index contributed by atoms with van der Waals surface area (Å²) in [5, 5.41) is 14.4. The molecule has 0 aliphatic heterocycles. The van der Waals surface area contributed by atoms with Crippen molar-refractivity contribution in [3.63, 3.8) is 0 Å². The van der Waals surface area contributed by atoms with Gasteiger partial charge in [-0.2, -0.15) is 13.5 Å². The van der Waals surface area contributed by atoms with Crippen LogP contribution in [0.5, 0.6) is 0 Å². The molecule has 1 saturated carbocycles. The first kappa shape index (κ1) is 24.7. The first-order valence-corrected chi connectivity index (χ1v) is 9.61. The Morgan fingerprint density at radius 1 is 1.38 bits per heavy atom. The van der Waals surface area contributed by atoms with Gasteiger partial charge in [0.05, 0.1) is 4.92 Å². The highest BCUT2D eigenvalue weighted by Gasteiger charge is 2.33. The molecule has 2 rings (SSSR count). The van der Waals surface area contributed by atoms with Crippen LogP contribution in [0.15, 0.2) is 18.2 Å². The largest absolute Gasteiger partial charge is 0.444 e. The van der Waals surface area contributed by atoms with Gasteiger partial charge in [0.2, 0.25) is 0 Å². The fraction of sp³-hybridized carbons (Fsp3) is 0.600. The van der Waals surface area contributed by atoms with Crippen molar-refractivity contribution in [2.75, 3.05) is 18.4 Å². The van der Waals surface area contributed by atoms with Crippen molar-refractivity contribution in [1.82, 2.24) is 4.90 Å². The smallest absolute Gasteiger partial charge is 0.410 e. The Morgan fingerprint density at radius 2 is 2.03 bits per heavy atom. The minimum absolute atomic E-state index is 0. The lowest BCUT2D eigenvalue weighted by atomic mass is 9.79. The second-order valence-electron chi connectivity index (χ2n) is 8.26. The van der Waals surface area contributed by atoms with Crippen LogP contribution in [0.4, 0.5) is 16.2 Å². The highest BCUT2D eigenvalue weighted by atomic mass is 32.1. The molecular formula is C20H31N3O5S. The van der Waals surface area contributed by atoms with Crippen molar-refractivity contribution < 1.29 is 19.2 Å². The number of nitrogens with one attached hydrogen (secondary N) is 1. The summed E-state index contributed by atoms with van der Waals surface area (Å²) in [5.41, 5.74) is 0.0571. The summed E-state index contributed by atoms with van der Waals surface area (Å²) in [6.07, 6.45) is 2.77. The van der Waals surface area contributed by atoms with Crippen molar-refractivity contribution in [3.05, 3.63) is 33.9 Å².